The molecule has 1 N–H and O–H groups in total. The van der Waals surface area contributed by atoms with Crippen molar-refractivity contribution >= 4 is 17.2 Å². The van der Waals surface area contributed by atoms with Crippen LogP contribution < -0.4 is 0 Å². The molecule has 3 rings (SSSR count). The Balaban J connectivity index is 2.33. The minimum absolute atomic E-state index is 0.168. The van der Waals surface area contributed by atoms with Crippen LogP contribution in [0, 0.1) is 0 Å². The molecule has 0 fully saturated rings. The molecule has 4 nitrogen and oxygen atoms in total. The van der Waals surface area contributed by atoms with Gasteiger partial charge in [-0.25, -0.2) is 0 Å². The van der Waals surface area contributed by atoms with Crippen molar-refractivity contribution in [2.24, 2.45) is 0 Å². The Morgan fingerprint density at radius 3 is 2.71 bits per heavy atom. The lowest BCUT2D eigenvalue weighted by molar-refractivity contribution is 0.477. The molecule has 0 radical (unpaired) electrons. The Morgan fingerprint density at radius 1 is 1.06 bits per heavy atom. The molecule has 0 saturated carbocycles. The molecular weight excluding hydrogens is 238 g/mol. The SMILES string of the molecule is Oc1ccccc1-c1nnc2c(Cl)cccn12. The predicted molar refractivity (Wildman–Crippen MR) is 65.1 cm³/mol. The lowest BCUT2D eigenvalue weighted by Crippen LogP contribution is -1.89. The van der Waals surface area contributed by atoms with Crippen LogP contribution in [0.25, 0.3) is 17.0 Å². The number of para-hydroxylation sites is 1. The summed E-state index contributed by atoms with van der Waals surface area (Å²) in [7, 11) is 0. The molecule has 0 aliphatic rings. The third kappa shape index (κ3) is 1.54. The van der Waals surface area contributed by atoms with Gasteiger partial charge in [0.15, 0.2) is 11.5 Å². The van der Waals surface area contributed by atoms with Crippen LogP contribution >= 0.6 is 11.6 Å². The Labute approximate surface area is 102 Å². The first kappa shape index (κ1) is 10.1. The van der Waals surface area contributed by atoms with Crippen molar-refractivity contribution in [2.75, 3.05) is 0 Å². The standard InChI is InChI=1S/C12H8ClN3O/c13-9-5-3-7-16-11(14-15-12(9)16)8-4-1-2-6-10(8)17/h1-7,17H. The van der Waals surface area contributed by atoms with Gasteiger partial charge >= 0.3 is 0 Å². The number of aromatic hydroxyl groups is 1. The van der Waals surface area contributed by atoms with Crippen molar-refractivity contribution < 1.29 is 5.11 Å². The summed E-state index contributed by atoms with van der Waals surface area (Å²) in [5, 5.41) is 18.4. The largest absolute Gasteiger partial charge is 0.507 e. The van der Waals surface area contributed by atoms with E-state index >= 15 is 0 Å². The number of rotatable bonds is 1. The number of phenols is 1. The zero-order valence-corrected chi connectivity index (χ0v) is 9.46. The Kier molecular flexibility index (Phi) is 2.23. The highest BCUT2D eigenvalue weighted by Gasteiger charge is 2.12. The fourth-order valence-electron chi connectivity index (χ4n) is 1.73. The van der Waals surface area contributed by atoms with Gasteiger partial charge in [0.1, 0.15) is 5.75 Å². The van der Waals surface area contributed by atoms with E-state index in [9.17, 15) is 5.11 Å². The molecule has 3 aromatic rings. The Morgan fingerprint density at radius 2 is 1.88 bits per heavy atom. The summed E-state index contributed by atoms with van der Waals surface area (Å²) >= 11 is 6.01. The normalized spacial score (nSPS) is 10.9. The fraction of sp³-hybridized carbons (Fsp3) is 0. The average Bonchev–Trinajstić information content (AvgIpc) is 2.75. The van der Waals surface area contributed by atoms with Crippen LogP contribution in [0.1, 0.15) is 0 Å². The molecule has 1 aromatic carbocycles. The first-order valence-electron chi connectivity index (χ1n) is 5.05. The zero-order chi connectivity index (χ0) is 11.8. The molecule has 0 aliphatic carbocycles. The quantitative estimate of drug-likeness (QED) is 0.717. The van der Waals surface area contributed by atoms with Crippen molar-refractivity contribution in [1.82, 2.24) is 14.6 Å². The van der Waals surface area contributed by atoms with Crippen molar-refractivity contribution in [3.63, 3.8) is 0 Å². The summed E-state index contributed by atoms with van der Waals surface area (Å²) in [5.41, 5.74) is 1.20. The average molecular weight is 246 g/mol. The number of hydrogen-bond donors (Lipinski definition) is 1. The third-order valence-corrected chi connectivity index (χ3v) is 2.83. The van der Waals surface area contributed by atoms with E-state index in [1.807, 2.05) is 18.3 Å². The second kappa shape index (κ2) is 3.75. The maximum Gasteiger partial charge on any atom is 0.179 e. The minimum atomic E-state index is 0.168. The highest BCUT2D eigenvalue weighted by molar-refractivity contribution is 6.33. The second-order valence-electron chi connectivity index (χ2n) is 3.59. The molecule has 5 heteroatoms. The number of pyridine rings is 1. The molecular formula is C12H8ClN3O. The summed E-state index contributed by atoms with van der Waals surface area (Å²) in [6.45, 7) is 0. The number of aromatic nitrogens is 3. The third-order valence-electron chi connectivity index (χ3n) is 2.53. The lowest BCUT2D eigenvalue weighted by atomic mass is 10.2. The fourth-order valence-corrected chi connectivity index (χ4v) is 1.93. The van der Waals surface area contributed by atoms with Crippen molar-refractivity contribution in [3.8, 4) is 17.1 Å². The molecule has 0 unspecified atom stereocenters. The van der Waals surface area contributed by atoms with Crippen LogP contribution in [-0.4, -0.2) is 19.7 Å². The Hall–Kier alpha value is -2.07. The van der Waals surface area contributed by atoms with Crippen LogP contribution in [0.5, 0.6) is 5.75 Å². The molecule has 0 spiro atoms. The van der Waals surface area contributed by atoms with Gasteiger partial charge in [0.25, 0.3) is 0 Å². The van der Waals surface area contributed by atoms with Gasteiger partial charge in [-0.05, 0) is 24.3 Å². The van der Waals surface area contributed by atoms with Gasteiger partial charge in [-0.1, -0.05) is 23.7 Å². The highest BCUT2D eigenvalue weighted by Crippen LogP contribution is 2.28. The summed E-state index contributed by atoms with van der Waals surface area (Å²) in [5.74, 6) is 0.738. The Bertz CT molecular complexity index is 693. The monoisotopic (exact) mass is 245 g/mol. The van der Waals surface area contributed by atoms with E-state index in [-0.39, 0.29) is 5.75 Å². The molecule has 0 saturated heterocycles. The van der Waals surface area contributed by atoms with Gasteiger partial charge in [0.2, 0.25) is 0 Å². The van der Waals surface area contributed by atoms with E-state index in [0.29, 0.717) is 22.1 Å². The molecule has 0 atom stereocenters. The van der Waals surface area contributed by atoms with Gasteiger partial charge < -0.3 is 5.11 Å². The highest BCUT2D eigenvalue weighted by atomic mass is 35.5. The van der Waals surface area contributed by atoms with Crippen LogP contribution in [0.15, 0.2) is 42.6 Å². The summed E-state index contributed by atoms with van der Waals surface area (Å²) in [4.78, 5) is 0. The second-order valence-corrected chi connectivity index (χ2v) is 4.00. The lowest BCUT2D eigenvalue weighted by Gasteiger charge is -2.02. The van der Waals surface area contributed by atoms with Crippen LogP contribution in [-0.2, 0) is 0 Å². The number of hydrogen-bond acceptors (Lipinski definition) is 3. The van der Waals surface area contributed by atoms with Crippen LogP contribution in [0.2, 0.25) is 5.02 Å². The number of nitrogens with zero attached hydrogens (tertiary/aromatic N) is 3. The topological polar surface area (TPSA) is 50.4 Å². The van der Waals surface area contributed by atoms with Crippen LogP contribution in [0.3, 0.4) is 0 Å². The first-order valence-corrected chi connectivity index (χ1v) is 5.43. The number of benzene rings is 1. The zero-order valence-electron chi connectivity index (χ0n) is 8.71. The van der Waals surface area contributed by atoms with Crippen molar-refractivity contribution in [1.29, 1.82) is 0 Å². The van der Waals surface area contributed by atoms with E-state index < -0.39 is 0 Å². The molecule has 0 bridgehead atoms. The maximum atomic E-state index is 9.80. The number of halogens is 1. The van der Waals surface area contributed by atoms with Gasteiger partial charge in [0.05, 0.1) is 10.6 Å². The smallest absolute Gasteiger partial charge is 0.179 e. The summed E-state index contributed by atoms with van der Waals surface area (Å²) in [6, 6.07) is 10.5. The van der Waals surface area contributed by atoms with Gasteiger partial charge in [-0.2, -0.15) is 0 Å². The van der Waals surface area contributed by atoms with E-state index in [1.54, 1.807) is 28.7 Å². The van der Waals surface area contributed by atoms with Crippen LogP contribution in [0.4, 0.5) is 0 Å². The van der Waals surface area contributed by atoms with E-state index in [0.717, 1.165) is 0 Å². The maximum absolute atomic E-state index is 9.80. The minimum Gasteiger partial charge on any atom is -0.507 e. The van der Waals surface area contributed by atoms with Crippen molar-refractivity contribution in [3.05, 3.63) is 47.6 Å². The first-order chi connectivity index (χ1) is 8.27. The number of phenolic OH excluding ortho intramolecular Hbond substituents is 1. The summed E-state index contributed by atoms with van der Waals surface area (Å²) in [6.07, 6.45) is 1.81. The van der Waals surface area contributed by atoms with Gasteiger partial charge in [-0.3, -0.25) is 4.40 Å². The predicted octanol–water partition coefficient (Wildman–Crippen LogP) is 2.76. The van der Waals surface area contributed by atoms with E-state index in [4.69, 9.17) is 11.6 Å². The van der Waals surface area contributed by atoms with E-state index in [2.05, 4.69) is 10.2 Å². The molecule has 84 valence electrons. The van der Waals surface area contributed by atoms with Gasteiger partial charge in [-0.15, -0.1) is 10.2 Å². The van der Waals surface area contributed by atoms with Crippen molar-refractivity contribution in [2.45, 2.75) is 0 Å². The van der Waals surface area contributed by atoms with E-state index in [1.165, 1.54) is 0 Å². The molecule has 17 heavy (non-hydrogen) atoms. The molecule has 2 aromatic heterocycles. The number of fused-ring (bicyclic) bond motifs is 1. The molecule has 0 aliphatic heterocycles. The van der Waals surface area contributed by atoms with Gasteiger partial charge in [0, 0.05) is 6.20 Å². The molecule has 2 heterocycles. The summed E-state index contributed by atoms with van der Waals surface area (Å²) < 4.78 is 1.75. The molecule has 0 amide bonds.